The van der Waals surface area contributed by atoms with Gasteiger partial charge in [-0.15, -0.1) is 0 Å². The smallest absolute Gasteiger partial charge is 0.195 e. The van der Waals surface area contributed by atoms with Gasteiger partial charge in [0.15, 0.2) is 34.8 Å². The summed E-state index contributed by atoms with van der Waals surface area (Å²) < 4.78 is 88.9. The minimum Gasteiger partial charge on any atom is -0.483 e. The van der Waals surface area contributed by atoms with Gasteiger partial charge in [-0.05, 0) is 58.8 Å². The second-order valence-corrected chi connectivity index (χ2v) is 7.27. The van der Waals surface area contributed by atoms with Crippen LogP contribution in [0.3, 0.4) is 0 Å². The van der Waals surface area contributed by atoms with Crippen LogP contribution in [0, 0.1) is 34.9 Å². The lowest BCUT2D eigenvalue weighted by Gasteiger charge is -2.11. The fourth-order valence-corrected chi connectivity index (χ4v) is 3.46. The Morgan fingerprint density at radius 3 is 2.00 bits per heavy atom. The van der Waals surface area contributed by atoms with Crippen LogP contribution in [0.4, 0.5) is 26.3 Å². The van der Waals surface area contributed by atoms with Crippen molar-refractivity contribution in [1.82, 2.24) is 0 Å². The second-order valence-electron chi connectivity index (χ2n) is 7.27. The Balaban J connectivity index is 1.60. The van der Waals surface area contributed by atoms with Gasteiger partial charge in [0.2, 0.25) is 0 Å². The van der Waals surface area contributed by atoms with Crippen LogP contribution < -0.4 is 4.74 Å². The maximum Gasteiger partial charge on any atom is 0.195 e. The number of benzene rings is 4. The van der Waals surface area contributed by atoms with Gasteiger partial charge >= 0.3 is 0 Å². The third-order valence-electron chi connectivity index (χ3n) is 5.17. The first kappa shape index (κ1) is 21.7. The van der Waals surface area contributed by atoms with Crippen LogP contribution in [-0.2, 0) is 13.0 Å². The average molecular weight is 446 g/mol. The fourth-order valence-electron chi connectivity index (χ4n) is 3.46. The number of fused-ring (bicyclic) bond motifs is 1. The van der Waals surface area contributed by atoms with Gasteiger partial charge in [-0.2, -0.15) is 0 Å². The maximum atomic E-state index is 14.7. The van der Waals surface area contributed by atoms with Gasteiger partial charge in [0.25, 0.3) is 0 Å². The van der Waals surface area contributed by atoms with Gasteiger partial charge in [-0.25, -0.2) is 26.3 Å². The number of aryl methyl sites for hydroxylation is 1. The molecule has 0 N–H and O–H groups in total. The molecule has 0 atom stereocenters. The zero-order valence-corrected chi connectivity index (χ0v) is 16.8. The highest BCUT2D eigenvalue weighted by Gasteiger charge is 2.16. The molecule has 0 fully saturated rings. The SMILES string of the molecule is CCc1cc(F)c(OCc2ccc(-c3ccc4c(F)c(F)c(F)cc4c3)c(F)c2)c(F)c1. The Bertz CT molecular complexity index is 1310. The van der Waals surface area contributed by atoms with Gasteiger partial charge < -0.3 is 4.74 Å². The summed E-state index contributed by atoms with van der Waals surface area (Å²) in [5.74, 6) is -7.12. The maximum absolute atomic E-state index is 14.7. The van der Waals surface area contributed by atoms with Crippen molar-refractivity contribution in [3.8, 4) is 16.9 Å². The first-order valence-corrected chi connectivity index (χ1v) is 9.75. The van der Waals surface area contributed by atoms with Crippen molar-refractivity contribution < 1.29 is 31.1 Å². The van der Waals surface area contributed by atoms with Crippen LogP contribution in [0.15, 0.2) is 54.6 Å². The molecule has 0 amide bonds. The molecule has 0 radical (unpaired) electrons. The summed E-state index contributed by atoms with van der Waals surface area (Å²) in [4.78, 5) is 0. The predicted octanol–water partition coefficient (Wildman–Crippen LogP) is 7.48. The van der Waals surface area contributed by atoms with E-state index in [9.17, 15) is 26.3 Å². The van der Waals surface area contributed by atoms with E-state index < -0.39 is 40.7 Å². The molecule has 0 aromatic heterocycles. The van der Waals surface area contributed by atoms with E-state index in [4.69, 9.17) is 4.74 Å². The molecule has 4 aromatic carbocycles. The molecule has 0 aliphatic carbocycles. The summed E-state index contributed by atoms with van der Waals surface area (Å²) in [5, 5.41) is -0.0524. The van der Waals surface area contributed by atoms with E-state index in [0.29, 0.717) is 23.1 Å². The Kier molecular flexibility index (Phi) is 5.82. The topological polar surface area (TPSA) is 9.23 Å². The molecule has 4 aromatic rings. The molecule has 0 unspecified atom stereocenters. The zero-order valence-electron chi connectivity index (χ0n) is 16.8. The minimum atomic E-state index is -1.57. The number of hydrogen-bond acceptors (Lipinski definition) is 1. The molecule has 0 saturated carbocycles. The van der Waals surface area contributed by atoms with E-state index >= 15 is 0 Å². The predicted molar refractivity (Wildman–Crippen MR) is 109 cm³/mol. The van der Waals surface area contributed by atoms with Gasteiger partial charge in [-0.1, -0.05) is 31.2 Å². The number of hydrogen-bond donors (Lipinski definition) is 0. The van der Waals surface area contributed by atoms with E-state index in [1.165, 1.54) is 42.5 Å². The lowest BCUT2D eigenvalue weighted by Crippen LogP contribution is -2.02. The van der Waals surface area contributed by atoms with Crippen molar-refractivity contribution in [1.29, 1.82) is 0 Å². The molecule has 1 nitrogen and oxygen atoms in total. The highest BCUT2D eigenvalue weighted by atomic mass is 19.2. The number of rotatable bonds is 5. The van der Waals surface area contributed by atoms with Crippen LogP contribution in [0.1, 0.15) is 18.1 Å². The highest BCUT2D eigenvalue weighted by molar-refractivity contribution is 5.88. The van der Waals surface area contributed by atoms with Crippen molar-refractivity contribution in [3.05, 3.63) is 101 Å². The summed E-state index contributed by atoms with van der Waals surface area (Å²) >= 11 is 0. The monoisotopic (exact) mass is 446 g/mol. The summed E-state index contributed by atoms with van der Waals surface area (Å²) in [7, 11) is 0. The van der Waals surface area contributed by atoms with Crippen molar-refractivity contribution in [2.75, 3.05) is 0 Å². The molecule has 0 aliphatic heterocycles. The molecule has 32 heavy (non-hydrogen) atoms. The Morgan fingerprint density at radius 1 is 0.656 bits per heavy atom. The van der Waals surface area contributed by atoms with E-state index in [2.05, 4.69) is 0 Å². The van der Waals surface area contributed by atoms with E-state index in [0.717, 1.165) is 12.1 Å². The fraction of sp³-hybridized carbons (Fsp3) is 0.120. The third-order valence-corrected chi connectivity index (χ3v) is 5.17. The molecule has 0 bridgehead atoms. The van der Waals surface area contributed by atoms with Crippen LogP contribution >= 0.6 is 0 Å². The van der Waals surface area contributed by atoms with Crippen LogP contribution in [0.2, 0.25) is 0 Å². The molecule has 0 heterocycles. The summed E-state index contributed by atoms with van der Waals surface area (Å²) in [6.45, 7) is 1.49. The standard InChI is InChI=1S/C25H16F6O/c1-2-13-7-21(28)25(22(29)8-13)32-12-14-3-5-17(19(26)9-14)15-4-6-18-16(10-15)11-20(27)24(31)23(18)30/h3-11H,2,12H2,1H3. The van der Waals surface area contributed by atoms with Gasteiger partial charge in [-0.3, -0.25) is 0 Å². The second kappa shape index (κ2) is 8.57. The average Bonchev–Trinajstić information content (AvgIpc) is 2.76. The van der Waals surface area contributed by atoms with Crippen LogP contribution in [-0.4, -0.2) is 0 Å². The van der Waals surface area contributed by atoms with Crippen molar-refractivity contribution >= 4 is 10.8 Å². The molecular formula is C25H16F6O. The number of ether oxygens (including phenoxy) is 1. The van der Waals surface area contributed by atoms with E-state index in [1.807, 2.05) is 0 Å². The summed E-state index contributed by atoms with van der Waals surface area (Å²) in [5.41, 5.74) is 1.26. The normalized spacial score (nSPS) is 11.2. The summed E-state index contributed by atoms with van der Waals surface area (Å²) in [6, 6.07) is 11.2. The Morgan fingerprint density at radius 2 is 1.34 bits per heavy atom. The van der Waals surface area contributed by atoms with E-state index in [-0.39, 0.29) is 22.9 Å². The zero-order chi connectivity index (χ0) is 23.0. The first-order chi connectivity index (χ1) is 15.3. The molecule has 0 aliphatic rings. The minimum absolute atomic E-state index is 0.0761. The lowest BCUT2D eigenvalue weighted by molar-refractivity contribution is 0.273. The lowest BCUT2D eigenvalue weighted by atomic mass is 9.99. The Hall–Kier alpha value is -3.48. The van der Waals surface area contributed by atoms with E-state index in [1.54, 1.807) is 6.92 Å². The third kappa shape index (κ3) is 4.02. The van der Waals surface area contributed by atoms with Crippen molar-refractivity contribution in [2.24, 2.45) is 0 Å². The molecular weight excluding hydrogens is 430 g/mol. The van der Waals surface area contributed by atoms with Gasteiger partial charge in [0.05, 0.1) is 0 Å². The molecule has 7 heteroatoms. The molecule has 4 rings (SSSR count). The number of halogens is 6. The quantitative estimate of drug-likeness (QED) is 0.228. The van der Waals surface area contributed by atoms with Gasteiger partial charge in [0, 0.05) is 10.9 Å². The molecule has 0 saturated heterocycles. The van der Waals surface area contributed by atoms with Crippen molar-refractivity contribution in [2.45, 2.75) is 20.0 Å². The van der Waals surface area contributed by atoms with Crippen LogP contribution in [0.25, 0.3) is 21.9 Å². The first-order valence-electron chi connectivity index (χ1n) is 9.75. The largest absolute Gasteiger partial charge is 0.483 e. The summed E-state index contributed by atoms with van der Waals surface area (Å²) in [6.07, 6.45) is 0.462. The van der Waals surface area contributed by atoms with Crippen LogP contribution in [0.5, 0.6) is 5.75 Å². The van der Waals surface area contributed by atoms with Crippen molar-refractivity contribution in [3.63, 3.8) is 0 Å². The molecule has 164 valence electrons. The Labute approximate surface area is 179 Å². The highest BCUT2D eigenvalue weighted by Crippen LogP contribution is 2.31. The van der Waals surface area contributed by atoms with Gasteiger partial charge in [0.1, 0.15) is 12.4 Å². The molecule has 0 spiro atoms.